The number of aromatic nitrogens is 1. The Hall–Kier alpha value is -1.35. The smallest absolute Gasteiger partial charge is 0.199 e. The largest absolute Gasteiger partial charge is 0.440 e. The highest BCUT2D eigenvalue weighted by atomic mass is 16.3. The van der Waals surface area contributed by atoms with Crippen molar-refractivity contribution in [2.75, 3.05) is 13.1 Å². The van der Waals surface area contributed by atoms with E-state index in [1.165, 1.54) is 5.56 Å². The van der Waals surface area contributed by atoms with Gasteiger partial charge in [0, 0.05) is 12.5 Å². The lowest BCUT2D eigenvalue weighted by Gasteiger charge is -1.99. The number of rotatable bonds is 1. The van der Waals surface area contributed by atoms with Crippen molar-refractivity contribution in [1.82, 2.24) is 10.3 Å². The van der Waals surface area contributed by atoms with E-state index >= 15 is 0 Å². The second kappa shape index (κ2) is 3.35. The number of nitrogens with one attached hydrogen (secondary N) is 1. The van der Waals surface area contributed by atoms with Crippen molar-refractivity contribution in [2.24, 2.45) is 0 Å². The predicted molar refractivity (Wildman–Crippen MR) is 59.0 cm³/mol. The molecular formula is C12H14N2O. The number of oxazole rings is 1. The number of aryl methyl sites for hydroxylation is 1. The van der Waals surface area contributed by atoms with Gasteiger partial charge in [-0.05, 0) is 31.5 Å². The molecule has 1 unspecified atom stereocenters. The summed E-state index contributed by atoms with van der Waals surface area (Å²) >= 11 is 0. The summed E-state index contributed by atoms with van der Waals surface area (Å²) in [5.41, 5.74) is 3.12. The van der Waals surface area contributed by atoms with Gasteiger partial charge in [0.2, 0.25) is 0 Å². The minimum atomic E-state index is 0.455. The van der Waals surface area contributed by atoms with Gasteiger partial charge in [0.05, 0.1) is 0 Å². The summed E-state index contributed by atoms with van der Waals surface area (Å²) in [6.45, 7) is 4.13. The van der Waals surface area contributed by atoms with E-state index in [4.69, 9.17) is 4.42 Å². The number of para-hydroxylation sites is 1. The van der Waals surface area contributed by atoms with Crippen molar-refractivity contribution in [3.8, 4) is 0 Å². The molecule has 1 atom stereocenters. The molecule has 1 N–H and O–H groups in total. The van der Waals surface area contributed by atoms with Crippen molar-refractivity contribution in [2.45, 2.75) is 19.3 Å². The van der Waals surface area contributed by atoms with Gasteiger partial charge in [0.25, 0.3) is 0 Å². The van der Waals surface area contributed by atoms with E-state index in [1.807, 2.05) is 12.1 Å². The molecule has 1 fully saturated rings. The van der Waals surface area contributed by atoms with Gasteiger partial charge in [-0.1, -0.05) is 12.1 Å². The number of benzene rings is 1. The maximum Gasteiger partial charge on any atom is 0.199 e. The van der Waals surface area contributed by atoms with E-state index < -0.39 is 0 Å². The molecule has 0 saturated carbocycles. The third-order valence-corrected chi connectivity index (χ3v) is 3.05. The fourth-order valence-corrected chi connectivity index (χ4v) is 2.14. The summed E-state index contributed by atoms with van der Waals surface area (Å²) in [4.78, 5) is 4.59. The average molecular weight is 202 g/mol. The Kier molecular flexibility index (Phi) is 1.99. The van der Waals surface area contributed by atoms with Crippen molar-refractivity contribution >= 4 is 11.1 Å². The summed E-state index contributed by atoms with van der Waals surface area (Å²) in [6, 6.07) is 6.07. The van der Waals surface area contributed by atoms with Crippen LogP contribution >= 0.6 is 0 Å². The van der Waals surface area contributed by atoms with Gasteiger partial charge in [-0.25, -0.2) is 4.98 Å². The molecule has 3 rings (SSSR count). The second-order valence-electron chi connectivity index (χ2n) is 4.16. The highest BCUT2D eigenvalue weighted by Crippen LogP contribution is 2.26. The number of fused-ring (bicyclic) bond motifs is 1. The topological polar surface area (TPSA) is 38.1 Å². The molecule has 1 aromatic heterocycles. The maximum absolute atomic E-state index is 5.78. The number of nitrogens with zero attached hydrogens (tertiary/aromatic N) is 1. The summed E-state index contributed by atoms with van der Waals surface area (Å²) in [5, 5.41) is 3.33. The SMILES string of the molecule is Cc1cccc2oc(C3CCNC3)nc12. The van der Waals surface area contributed by atoms with Crippen molar-refractivity contribution in [3.63, 3.8) is 0 Å². The van der Waals surface area contributed by atoms with Crippen molar-refractivity contribution in [1.29, 1.82) is 0 Å². The van der Waals surface area contributed by atoms with Crippen LogP contribution < -0.4 is 5.32 Å². The van der Waals surface area contributed by atoms with E-state index in [0.29, 0.717) is 5.92 Å². The van der Waals surface area contributed by atoms with Gasteiger partial charge >= 0.3 is 0 Å². The Morgan fingerprint density at radius 2 is 2.40 bits per heavy atom. The van der Waals surface area contributed by atoms with Gasteiger partial charge in [-0.15, -0.1) is 0 Å². The third kappa shape index (κ3) is 1.43. The molecule has 78 valence electrons. The van der Waals surface area contributed by atoms with E-state index in [2.05, 4.69) is 23.3 Å². The quantitative estimate of drug-likeness (QED) is 0.770. The average Bonchev–Trinajstić information content (AvgIpc) is 2.86. The van der Waals surface area contributed by atoms with E-state index in [-0.39, 0.29) is 0 Å². The second-order valence-corrected chi connectivity index (χ2v) is 4.16. The van der Waals surface area contributed by atoms with Crippen molar-refractivity contribution in [3.05, 3.63) is 29.7 Å². The minimum absolute atomic E-state index is 0.455. The first kappa shape index (κ1) is 8.92. The Balaban J connectivity index is 2.09. The lowest BCUT2D eigenvalue weighted by Crippen LogP contribution is -2.07. The highest BCUT2D eigenvalue weighted by Gasteiger charge is 2.22. The normalized spacial score (nSPS) is 21.3. The molecule has 15 heavy (non-hydrogen) atoms. The summed E-state index contributed by atoms with van der Waals surface area (Å²) in [7, 11) is 0. The Morgan fingerprint density at radius 3 is 3.13 bits per heavy atom. The lowest BCUT2D eigenvalue weighted by atomic mass is 10.1. The van der Waals surface area contributed by atoms with Crippen LogP contribution in [-0.2, 0) is 0 Å². The van der Waals surface area contributed by atoms with Crippen molar-refractivity contribution < 1.29 is 4.42 Å². The van der Waals surface area contributed by atoms with Crippen LogP contribution in [0.15, 0.2) is 22.6 Å². The third-order valence-electron chi connectivity index (χ3n) is 3.05. The van der Waals surface area contributed by atoms with E-state index in [1.54, 1.807) is 0 Å². The maximum atomic E-state index is 5.78. The molecule has 1 aliphatic rings. The molecular weight excluding hydrogens is 188 g/mol. The lowest BCUT2D eigenvalue weighted by molar-refractivity contribution is 0.485. The highest BCUT2D eigenvalue weighted by molar-refractivity contribution is 5.76. The van der Waals surface area contributed by atoms with Crippen LogP contribution in [0.25, 0.3) is 11.1 Å². The molecule has 3 heteroatoms. The van der Waals surface area contributed by atoms with Gasteiger partial charge < -0.3 is 9.73 Å². The summed E-state index contributed by atoms with van der Waals surface area (Å²) in [5.74, 6) is 1.35. The molecule has 0 spiro atoms. The van der Waals surface area contributed by atoms with Crippen LogP contribution in [0.3, 0.4) is 0 Å². The van der Waals surface area contributed by atoms with Crippen LogP contribution in [0, 0.1) is 6.92 Å². The molecule has 0 radical (unpaired) electrons. The summed E-state index contributed by atoms with van der Waals surface area (Å²) < 4.78 is 5.78. The Bertz CT molecular complexity index is 483. The van der Waals surface area contributed by atoms with Gasteiger partial charge in [0.1, 0.15) is 5.52 Å². The van der Waals surface area contributed by atoms with Crippen LogP contribution in [0.2, 0.25) is 0 Å². The van der Waals surface area contributed by atoms with E-state index in [0.717, 1.165) is 36.5 Å². The van der Waals surface area contributed by atoms with Crippen LogP contribution in [0.1, 0.15) is 23.8 Å². The Labute approximate surface area is 88.5 Å². The Morgan fingerprint density at radius 1 is 1.47 bits per heavy atom. The molecule has 0 aliphatic carbocycles. The molecule has 2 aromatic rings. The zero-order valence-electron chi connectivity index (χ0n) is 8.79. The number of hydrogen-bond donors (Lipinski definition) is 1. The fraction of sp³-hybridized carbons (Fsp3) is 0.417. The molecule has 1 aromatic carbocycles. The van der Waals surface area contributed by atoms with Gasteiger partial charge in [-0.2, -0.15) is 0 Å². The van der Waals surface area contributed by atoms with Gasteiger partial charge in [0.15, 0.2) is 11.5 Å². The standard InChI is InChI=1S/C12H14N2O/c1-8-3-2-4-10-11(8)14-12(15-10)9-5-6-13-7-9/h2-4,9,13H,5-7H2,1H3. The molecule has 0 amide bonds. The van der Waals surface area contributed by atoms with Crippen LogP contribution in [0.5, 0.6) is 0 Å². The molecule has 0 bridgehead atoms. The fourth-order valence-electron chi connectivity index (χ4n) is 2.14. The molecule has 3 nitrogen and oxygen atoms in total. The number of hydrogen-bond acceptors (Lipinski definition) is 3. The molecule has 1 aliphatic heterocycles. The van der Waals surface area contributed by atoms with E-state index in [9.17, 15) is 0 Å². The van der Waals surface area contributed by atoms with Crippen LogP contribution in [-0.4, -0.2) is 18.1 Å². The minimum Gasteiger partial charge on any atom is -0.440 e. The van der Waals surface area contributed by atoms with Crippen LogP contribution in [0.4, 0.5) is 0 Å². The molecule has 2 heterocycles. The van der Waals surface area contributed by atoms with Gasteiger partial charge in [-0.3, -0.25) is 0 Å². The monoisotopic (exact) mass is 202 g/mol. The first-order chi connectivity index (χ1) is 7.34. The summed E-state index contributed by atoms with van der Waals surface area (Å²) in [6.07, 6.45) is 1.13. The predicted octanol–water partition coefficient (Wildman–Crippen LogP) is 2.21. The zero-order chi connectivity index (χ0) is 10.3. The molecule has 1 saturated heterocycles. The first-order valence-electron chi connectivity index (χ1n) is 5.41. The zero-order valence-corrected chi connectivity index (χ0v) is 8.79. The first-order valence-corrected chi connectivity index (χ1v) is 5.41.